The molecule has 1 unspecified atom stereocenters. The number of ether oxygens (including phenoxy) is 1. The van der Waals surface area contributed by atoms with Crippen molar-refractivity contribution >= 4 is 11.9 Å². The molecule has 1 rings (SSSR count). The van der Waals surface area contributed by atoms with Crippen molar-refractivity contribution in [3.8, 4) is 0 Å². The first-order chi connectivity index (χ1) is 8.05. The summed E-state index contributed by atoms with van der Waals surface area (Å²) in [6, 6.07) is 0. The van der Waals surface area contributed by atoms with Gasteiger partial charge in [-0.25, -0.2) is 0 Å². The summed E-state index contributed by atoms with van der Waals surface area (Å²) in [5.41, 5.74) is 4.56. The smallest absolute Gasteiger partial charge is 0.311 e. The van der Waals surface area contributed by atoms with Crippen LogP contribution in [0.15, 0.2) is 0 Å². The highest BCUT2D eigenvalue weighted by Gasteiger charge is 2.41. The van der Waals surface area contributed by atoms with E-state index in [-0.39, 0.29) is 19.0 Å². The first-order valence-electron chi connectivity index (χ1n) is 5.80. The molecule has 0 aliphatic heterocycles. The van der Waals surface area contributed by atoms with Crippen LogP contribution in [0.4, 0.5) is 0 Å². The van der Waals surface area contributed by atoms with Crippen molar-refractivity contribution in [2.75, 3.05) is 20.2 Å². The zero-order valence-electron chi connectivity index (χ0n) is 10.1. The molecule has 1 aliphatic carbocycles. The summed E-state index contributed by atoms with van der Waals surface area (Å²) in [6.45, 7) is 0.240. The average Bonchev–Trinajstić information content (AvgIpc) is 2.78. The molecule has 1 saturated carbocycles. The average molecular weight is 244 g/mol. The number of carboxylic acid groups (broad SMARTS) is 1. The number of amides is 1. The van der Waals surface area contributed by atoms with Crippen molar-refractivity contribution in [1.29, 1.82) is 0 Å². The van der Waals surface area contributed by atoms with Crippen LogP contribution in [0.5, 0.6) is 0 Å². The second kappa shape index (κ2) is 5.97. The number of carboxylic acids is 1. The third kappa shape index (κ3) is 3.17. The monoisotopic (exact) mass is 244 g/mol. The Hall–Kier alpha value is -1.14. The first-order valence-corrected chi connectivity index (χ1v) is 5.80. The van der Waals surface area contributed by atoms with Gasteiger partial charge in [-0.1, -0.05) is 12.8 Å². The zero-order valence-corrected chi connectivity index (χ0v) is 10.1. The third-order valence-corrected chi connectivity index (χ3v) is 3.41. The van der Waals surface area contributed by atoms with Gasteiger partial charge < -0.3 is 20.9 Å². The van der Waals surface area contributed by atoms with Gasteiger partial charge in [0.2, 0.25) is 5.91 Å². The Morgan fingerprint density at radius 2 is 2.06 bits per heavy atom. The van der Waals surface area contributed by atoms with Crippen LogP contribution >= 0.6 is 0 Å². The summed E-state index contributed by atoms with van der Waals surface area (Å²) in [5, 5.41) is 11.8. The second-order valence-electron chi connectivity index (χ2n) is 4.47. The van der Waals surface area contributed by atoms with Gasteiger partial charge in [0, 0.05) is 20.2 Å². The number of hydrogen-bond acceptors (Lipinski definition) is 4. The lowest BCUT2D eigenvalue weighted by atomic mass is 9.86. The molecular formula is C11H20N2O4. The molecule has 1 amide bonds. The molecule has 6 heteroatoms. The van der Waals surface area contributed by atoms with Gasteiger partial charge in [0.25, 0.3) is 0 Å². The van der Waals surface area contributed by atoms with Gasteiger partial charge >= 0.3 is 5.97 Å². The summed E-state index contributed by atoms with van der Waals surface area (Å²) in [5.74, 6) is -1.18. The van der Waals surface area contributed by atoms with Gasteiger partial charge in [0.05, 0.1) is 5.41 Å². The number of methoxy groups -OCH3 is 1. The Morgan fingerprint density at radius 1 is 1.47 bits per heavy atom. The minimum absolute atomic E-state index is 0.0857. The van der Waals surface area contributed by atoms with E-state index in [9.17, 15) is 14.7 Å². The Labute approximate surface area is 101 Å². The fourth-order valence-electron chi connectivity index (χ4n) is 2.20. The van der Waals surface area contributed by atoms with E-state index >= 15 is 0 Å². The molecule has 0 aromatic rings. The van der Waals surface area contributed by atoms with Crippen LogP contribution < -0.4 is 11.1 Å². The van der Waals surface area contributed by atoms with Crippen LogP contribution in [-0.4, -0.2) is 43.3 Å². The van der Waals surface area contributed by atoms with Gasteiger partial charge in [-0.05, 0) is 12.8 Å². The third-order valence-electron chi connectivity index (χ3n) is 3.41. The molecule has 0 spiro atoms. The molecule has 1 fully saturated rings. The van der Waals surface area contributed by atoms with E-state index in [1.54, 1.807) is 0 Å². The molecule has 0 aromatic heterocycles. The van der Waals surface area contributed by atoms with Crippen molar-refractivity contribution in [2.24, 2.45) is 11.1 Å². The first kappa shape index (κ1) is 13.9. The molecule has 0 saturated heterocycles. The lowest BCUT2D eigenvalue weighted by Gasteiger charge is -2.25. The van der Waals surface area contributed by atoms with Crippen LogP contribution in [-0.2, 0) is 14.3 Å². The van der Waals surface area contributed by atoms with Gasteiger partial charge in [0.1, 0.15) is 6.10 Å². The van der Waals surface area contributed by atoms with Gasteiger partial charge in [-0.15, -0.1) is 0 Å². The summed E-state index contributed by atoms with van der Waals surface area (Å²) in [7, 11) is 1.40. The lowest BCUT2D eigenvalue weighted by Crippen LogP contribution is -2.47. The van der Waals surface area contributed by atoms with Crippen molar-refractivity contribution in [2.45, 2.75) is 31.8 Å². The molecule has 98 valence electrons. The van der Waals surface area contributed by atoms with Crippen molar-refractivity contribution in [3.63, 3.8) is 0 Å². The predicted molar refractivity (Wildman–Crippen MR) is 61.4 cm³/mol. The number of hydrogen-bond donors (Lipinski definition) is 3. The van der Waals surface area contributed by atoms with Crippen LogP contribution in [0.1, 0.15) is 25.7 Å². The van der Waals surface area contributed by atoms with E-state index in [0.717, 1.165) is 12.8 Å². The number of rotatable bonds is 6. The summed E-state index contributed by atoms with van der Waals surface area (Å²) < 4.78 is 4.89. The SMILES string of the molecule is COC(CN)C(=O)NCC1(C(=O)O)CCCC1. The molecule has 0 aromatic carbocycles. The quantitative estimate of drug-likeness (QED) is 0.596. The molecule has 0 heterocycles. The predicted octanol–water partition coefficient (Wildman–Crippen LogP) is -0.279. The van der Waals surface area contributed by atoms with E-state index < -0.39 is 17.5 Å². The van der Waals surface area contributed by atoms with Crippen LogP contribution in [0.2, 0.25) is 0 Å². The number of aliphatic carboxylic acids is 1. The lowest BCUT2D eigenvalue weighted by molar-refractivity contribution is -0.148. The van der Waals surface area contributed by atoms with Crippen LogP contribution in [0, 0.1) is 5.41 Å². The molecule has 17 heavy (non-hydrogen) atoms. The number of nitrogens with two attached hydrogens (primary N) is 1. The summed E-state index contributed by atoms with van der Waals surface area (Å²) in [6.07, 6.45) is 2.31. The molecule has 0 bridgehead atoms. The van der Waals surface area contributed by atoms with Gasteiger partial charge in [-0.2, -0.15) is 0 Å². The second-order valence-corrected chi connectivity index (χ2v) is 4.47. The Bertz CT molecular complexity index is 283. The minimum Gasteiger partial charge on any atom is -0.481 e. The molecule has 0 radical (unpaired) electrons. The van der Waals surface area contributed by atoms with Gasteiger partial charge in [0.15, 0.2) is 0 Å². The van der Waals surface area contributed by atoms with Crippen LogP contribution in [0.3, 0.4) is 0 Å². The number of carbonyl (C=O) groups excluding carboxylic acids is 1. The van der Waals surface area contributed by atoms with Gasteiger partial charge in [-0.3, -0.25) is 9.59 Å². The van der Waals surface area contributed by atoms with Crippen molar-refractivity contribution < 1.29 is 19.4 Å². The zero-order chi connectivity index (χ0) is 12.9. The Kier molecular flexibility index (Phi) is 4.89. The fraction of sp³-hybridized carbons (Fsp3) is 0.818. The molecule has 6 nitrogen and oxygen atoms in total. The Balaban J connectivity index is 2.53. The van der Waals surface area contributed by atoms with Crippen molar-refractivity contribution in [3.05, 3.63) is 0 Å². The maximum atomic E-state index is 11.6. The number of carbonyl (C=O) groups is 2. The highest BCUT2D eigenvalue weighted by Crippen LogP contribution is 2.37. The van der Waals surface area contributed by atoms with E-state index in [2.05, 4.69) is 5.32 Å². The summed E-state index contributed by atoms with van der Waals surface area (Å²) in [4.78, 5) is 22.9. The number of nitrogens with one attached hydrogen (secondary N) is 1. The van der Waals surface area contributed by atoms with E-state index in [1.807, 2.05) is 0 Å². The normalized spacial score (nSPS) is 19.9. The molecular weight excluding hydrogens is 224 g/mol. The maximum Gasteiger partial charge on any atom is 0.311 e. The topological polar surface area (TPSA) is 102 Å². The highest BCUT2D eigenvalue weighted by molar-refractivity contribution is 5.82. The minimum atomic E-state index is -0.836. The van der Waals surface area contributed by atoms with E-state index in [0.29, 0.717) is 12.8 Å². The van der Waals surface area contributed by atoms with E-state index in [1.165, 1.54) is 7.11 Å². The fourth-order valence-corrected chi connectivity index (χ4v) is 2.20. The standard InChI is InChI=1S/C11H20N2O4/c1-17-8(6-12)9(14)13-7-11(10(15)16)4-2-3-5-11/h8H,2-7,12H2,1H3,(H,13,14)(H,15,16). The molecule has 4 N–H and O–H groups in total. The van der Waals surface area contributed by atoms with Crippen LogP contribution in [0.25, 0.3) is 0 Å². The largest absolute Gasteiger partial charge is 0.481 e. The Morgan fingerprint density at radius 3 is 2.47 bits per heavy atom. The van der Waals surface area contributed by atoms with E-state index in [4.69, 9.17) is 10.5 Å². The van der Waals surface area contributed by atoms with Crippen molar-refractivity contribution in [1.82, 2.24) is 5.32 Å². The summed E-state index contributed by atoms with van der Waals surface area (Å²) >= 11 is 0. The molecule has 1 aliphatic rings. The molecule has 1 atom stereocenters. The highest BCUT2D eigenvalue weighted by atomic mass is 16.5. The maximum absolute atomic E-state index is 11.6.